The van der Waals surface area contributed by atoms with E-state index >= 15 is 0 Å². The fraction of sp³-hybridized carbons (Fsp3) is 0.200. The number of rotatable bonds is 1. The van der Waals surface area contributed by atoms with E-state index in [4.69, 9.17) is 0 Å². The predicted molar refractivity (Wildman–Crippen MR) is 59.9 cm³/mol. The zero-order valence-corrected chi connectivity index (χ0v) is 8.91. The minimum Gasteiger partial charge on any atom is -0.508 e. The number of nitrogens with one attached hydrogen (secondary N) is 1. The summed E-state index contributed by atoms with van der Waals surface area (Å²) in [5, 5.41) is 12.4. The predicted octanol–water partition coefficient (Wildman–Crippen LogP) is 1.28. The van der Waals surface area contributed by atoms with E-state index in [1.807, 2.05) is 0 Å². The van der Waals surface area contributed by atoms with E-state index in [1.54, 1.807) is 31.3 Å². The molecule has 5 heteroatoms. The molecule has 1 fully saturated rings. The lowest BCUT2D eigenvalue weighted by Gasteiger charge is -2.07. The van der Waals surface area contributed by atoms with E-state index in [1.165, 1.54) is 11.8 Å². The van der Waals surface area contributed by atoms with Crippen LogP contribution < -0.4 is 5.32 Å². The monoisotopic (exact) mass is 222 g/mol. The highest BCUT2D eigenvalue weighted by Gasteiger charge is 2.32. The maximum Gasteiger partial charge on any atom is 0.244 e. The molecule has 1 heterocycles. The van der Waals surface area contributed by atoms with E-state index in [-0.39, 0.29) is 11.7 Å². The van der Waals surface area contributed by atoms with Gasteiger partial charge in [0.2, 0.25) is 5.91 Å². The first kappa shape index (κ1) is 10.0. The van der Waals surface area contributed by atoms with E-state index < -0.39 is 5.25 Å². The molecule has 0 radical (unpaired) electrons. The third-order valence-corrected chi connectivity index (χ3v) is 3.33. The molecule has 1 unspecified atom stereocenters. The Balaban J connectivity index is 2.33. The van der Waals surface area contributed by atoms with Gasteiger partial charge in [-0.25, -0.2) is 0 Å². The molecule has 0 saturated carbocycles. The number of nitrogens with zero attached hydrogens (tertiary/aromatic N) is 1. The number of amidine groups is 1. The Hall–Kier alpha value is -1.49. The molecule has 78 valence electrons. The molecule has 2 N–H and O–H groups in total. The lowest BCUT2D eigenvalue weighted by molar-refractivity contribution is -0.118. The number of phenolic OH excluding ortho intramolecular Hbond substituents is 1. The normalized spacial score (nSPS) is 23.1. The van der Waals surface area contributed by atoms with Crippen molar-refractivity contribution in [1.29, 1.82) is 0 Å². The summed E-state index contributed by atoms with van der Waals surface area (Å²) in [5.41, 5.74) is 0.624. The summed E-state index contributed by atoms with van der Waals surface area (Å²) in [6.07, 6.45) is 0. The Kier molecular flexibility index (Phi) is 2.64. The van der Waals surface area contributed by atoms with Gasteiger partial charge in [0.25, 0.3) is 0 Å². The number of hydrogen-bond acceptors (Lipinski definition) is 4. The molecule has 2 rings (SSSR count). The Morgan fingerprint density at radius 1 is 1.47 bits per heavy atom. The number of aromatic hydroxyl groups is 1. The van der Waals surface area contributed by atoms with Crippen molar-refractivity contribution in [3.63, 3.8) is 0 Å². The molecule has 1 aliphatic heterocycles. The fourth-order valence-electron chi connectivity index (χ4n) is 1.39. The number of benzene rings is 1. The van der Waals surface area contributed by atoms with Crippen LogP contribution in [0, 0.1) is 0 Å². The van der Waals surface area contributed by atoms with Crippen LogP contribution in [0.4, 0.5) is 0 Å². The Labute approximate surface area is 91.4 Å². The standard InChI is InChI=1S/C10H10N2O2S/c1-11-10-12-9(14)8(15-10)6-4-2-3-5-7(6)13/h2-5,8,13H,1H3,(H,11,12,14). The molecule has 1 atom stereocenters. The summed E-state index contributed by atoms with van der Waals surface area (Å²) >= 11 is 1.32. The topological polar surface area (TPSA) is 61.7 Å². The Bertz CT molecular complexity index is 431. The van der Waals surface area contributed by atoms with Crippen LogP contribution in [0.1, 0.15) is 10.8 Å². The molecular weight excluding hydrogens is 212 g/mol. The van der Waals surface area contributed by atoms with Crippen molar-refractivity contribution in [3.05, 3.63) is 29.8 Å². The number of thioether (sulfide) groups is 1. The number of phenols is 1. The molecule has 0 bridgehead atoms. The van der Waals surface area contributed by atoms with Gasteiger partial charge in [-0.05, 0) is 6.07 Å². The van der Waals surface area contributed by atoms with Crippen molar-refractivity contribution < 1.29 is 9.90 Å². The molecule has 1 aromatic carbocycles. The second-order valence-electron chi connectivity index (χ2n) is 3.07. The van der Waals surface area contributed by atoms with Crippen molar-refractivity contribution >= 4 is 22.8 Å². The molecule has 1 amide bonds. The van der Waals surface area contributed by atoms with Gasteiger partial charge in [-0.15, -0.1) is 0 Å². The maximum absolute atomic E-state index is 11.6. The minimum absolute atomic E-state index is 0.137. The Morgan fingerprint density at radius 2 is 2.20 bits per heavy atom. The third kappa shape index (κ3) is 1.83. The van der Waals surface area contributed by atoms with Crippen molar-refractivity contribution in [2.45, 2.75) is 5.25 Å². The average Bonchev–Trinajstić information content (AvgIpc) is 2.60. The van der Waals surface area contributed by atoms with Gasteiger partial charge in [-0.2, -0.15) is 0 Å². The van der Waals surface area contributed by atoms with Crippen LogP contribution >= 0.6 is 11.8 Å². The lowest BCUT2D eigenvalue weighted by Crippen LogP contribution is -2.21. The molecule has 4 nitrogen and oxygen atoms in total. The summed E-state index contributed by atoms with van der Waals surface area (Å²) in [5.74, 6) is 0.00426. The molecular formula is C10H10N2O2S. The molecule has 15 heavy (non-hydrogen) atoms. The van der Waals surface area contributed by atoms with Crippen LogP contribution in [0.25, 0.3) is 0 Å². The van der Waals surface area contributed by atoms with E-state index in [0.717, 1.165) is 0 Å². The van der Waals surface area contributed by atoms with E-state index in [2.05, 4.69) is 10.3 Å². The zero-order chi connectivity index (χ0) is 10.8. The van der Waals surface area contributed by atoms with Gasteiger partial charge in [-0.3, -0.25) is 9.79 Å². The highest BCUT2D eigenvalue weighted by Crippen LogP contribution is 2.38. The van der Waals surface area contributed by atoms with Crippen molar-refractivity contribution in [3.8, 4) is 5.75 Å². The number of aliphatic imine (C=N–C) groups is 1. The molecule has 1 saturated heterocycles. The van der Waals surface area contributed by atoms with Gasteiger partial charge < -0.3 is 10.4 Å². The second kappa shape index (κ2) is 3.94. The SMILES string of the molecule is CN=C1NC(=O)C(c2ccccc2O)S1. The number of amides is 1. The third-order valence-electron chi connectivity index (χ3n) is 2.12. The number of carbonyl (C=O) groups excluding carboxylic acids is 1. The highest BCUT2D eigenvalue weighted by atomic mass is 32.2. The fourth-order valence-corrected chi connectivity index (χ4v) is 2.37. The smallest absolute Gasteiger partial charge is 0.244 e. The van der Waals surface area contributed by atoms with Crippen LogP contribution in [0.2, 0.25) is 0 Å². The minimum atomic E-state index is -0.398. The van der Waals surface area contributed by atoms with Crippen LogP contribution in [0.3, 0.4) is 0 Å². The summed E-state index contributed by atoms with van der Waals surface area (Å²) in [6, 6.07) is 6.84. The zero-order valence-electron chi connectivity index (χ0n) is 8.10. The summed E-state index contributed by atoms with van der Waals surface area (Å²) in [4.78, 5) is 15.5. The number of para-hydroxylation sites is 1. The number of carbonyl (C=O) groups is 1. The molecule has 0 spiro atoms. The van der Waals surface area contributed by atoms with Gasteiger partial charge in [0, 0.05) is 12.6 Å². The number of hydrogen-bond donors (Lipinski definition) is 2. The van der Waals surface area contributed by atoms with E-state index in [9.17, 15) is 9.90 Å². The van der Waals surface area contributed by atoms with E-state index in [0.29, 0.717) is 10.7 Å². The highest BCUT2D eigenvalue weighted by molar-refractivity contribution is 8.15. The largest absolute Gasteiger partial charge is 0.508 e. The molecule has 0 aliphatic carbocycles. The molecule has 1 aliphatic rings. The van der Waals surface area contributed by atoms with Crippen LogP contribution in [-0.4, -0.2) is 23.2 Å². The quantitative estimate of drug-likeness (QED) is 0.752. The first-order valence-electron chi connectivity index (χ1n) is 4.44. The summed E-state index contributed by atoms with van der Waals surface area (Å²) in [6.45, 7) is 0. The molecule has 1 aromatic rings. The first-order chi connectivity index (χ1) is 7.22. The van der Waals surface area contributed by atoms with Crippen LogP contribution in [-0.2, 0) is 4.79 Å². The Morgan fingerprint density at radius 3 is 2.80 bits per heavy atom. The van der Waals surface area contributed by atoms with Crippen molar-refractivity contribution in [1.82, 2.24) is 5.32 Å². The maximum atomic E-state index is 11.6. The van der Waals surface area contributed by atoms with Gasteiger partial charge in [-0.1, -0.05) is 30.0 Å². The lowest BCUT2D eigenvalue weighted by atomic mass is 10.1. The summed E-state index contributed by atoms with van der Waals surface area (Å²) < 4.78 is 0. The van der Waals surface area contributed by atoms with Gasteiger partial charge in [0.1, 0.15) is 11.0 Å². The van der Waals surface area contributed by atoms with Crippen molar-refractivity contribution in [2.24, 2.45) is 4.99 Å². The van der Waals surface area contributed by atoms with Gasteiger partial charge in [0.15, 0.2) is 5.17 Å². The second-order valence-corrected chi connectivity index (χ2v) is 4.17. The van der Waals surface area contributed by atoms with Gasteiger partial charge >= 0.3 is 0 Å². The summed E-state index contributed by atoms with van der Waals surface area (Å²) in [7, 11) is 1.62. The average molecular weight is 222 g/mol. The van der Waals surface area contributed by atoms with Crippen LogP contribution in [0.15, 0.2) is 29.3 Å². The van der Waals surface area contributed by atoms with Gasteiger partial charge in [0.05, 0.1) is 0 Å². The van der Waals surface area contributed by atoms with Crippen molar-refractivity contribution in [2.75, 3.05) is 7.05 Å². The van der Waals surface area contributed by atoms with Crippen LogP contribution in [0.5, 0.6) is 5.75 Å². The first-order valence-corrected chi connectivity index (χ1v) is 5.32. The molecule has 0 aromatic heterocycles.